The number of piperidine rings is 1. The summed E-state index contributed by atoms with van der Waals surface area (Å²) < 4.78 is 10.7. The predicted octanol–water partition coefficient (Wildman–Crippen LogP) is 2.96. The lowest BCUT2D eigenvalue weighted by molar-refractivity contribution is -0.118. The Morgan fingerprint density at radius 1 is 1.13 bits per heavy atom. The first-order valence-corrected chi connectivity index (χ1v) is 9.72. The van der Waals surface area contributed by atoms with E-state index >= 15 is 0 Å². The Labute approximate surface area is 183 Å². The molecule has 0 aliphatic carbocycles. The lowest BCUT2D eigenvalue weighted by Crippen LogP contribution is -2.46. The minimum Gasteiger partial charge on any atom is -0.497 e. The second-order valence-electron chi connectivity index (χ2n) is 6.97. The zero-order valence-electron chi connectivity index (χ0n) is 17.2. The SMILES string of the molecule is CNC1CCCN(C(=O)c2ccc(OCC(=O)Nc3cccc(OC)c3)cc2)C1.Cl. The van der Waals surface area contributed by atoms with Crippen LogP contribution in [0, 0.1) is 0 Å². The Morgan fingerprint density at radius 3 is 2.60 bits per heavy atom. The molecule has 30 heavy (non-hydrogen) atoms. The van der Waals surface area contributed by atoms with Gasteiger partial charge in [-0.1, -0.05) is 6.07 Å². The number of carbonyl (C=O) groups is 2. The Hall–Kier alpha value is -2.77. The van der Waals surface area contributed by atoms with Crippen molar-refractivity contribution in [2.45, 2.75) is 18.9 Å². The van der Waals surface area contributed by atoms with Gasteiger partial charge < -0.3 is 25.0 Å². The van der Waals surface area contributed by atoms with Gasteiger partial charge in [-0.05, 0) is 56.3 Å². The summed E-state index contributed by atoms with van der Waals surface area (Å²) in [5, 5.41) is 6.00. The van der Waals surface area contributed by atoms with Crippen LogP contribution in [-0.4, -0.2) is 56.6 Å². The molecule has 1 aliphatic heterocycles. The molecule has 0 radical (unpaired) electrons. The van der Waals surface area contributed by atoms with Crippen LogP contribution in [0.25, 0.3) is 0 Å². The molecule has 1 unspecified atom stereocenters. The average molecular weight is 434 g/mol. The summed E-state index contributed by atoms with van der Waals surface area (Å²) in [6, 6.07) is 14.4. The number of benzene rings is 2. The van der Waals surface area contributed by atoms with E-state index in [2.05, 4.69) is 10.6 Å². The van der Waals surface area contributed by atoms with E-state index in [9.17, 15) is 9.59 Å². The number of amides is 2. The highest BCUT2D eigenvalue weighted by Crippen LogP contribution is 2.18. The average Bonchev–Trinajstić information content (AvgIpc) is 2.77. The van der Waals surface area contributed by atoms with E-state index in [0.29, 0.717) is 28.8 Å². The fourth-order valence-electron chi connectivity index (χ4n) is 3.32. The molecule has 162 valence electrons. The van der Waals surface area contributed by atoms with Crippen molar-refractivity contribution in [2.24, 2.45) is 0 Å². The van der Waals surface area contributed by atoms with Crippen LogP contribution in [0.2, 0.25) is 0 Å². The van der Waals surface area contributed by atoms with Gasteiger partial charge in [0.1, 0.15) is 11.5 Å². The molecule has 8 heteroatoms. The summed E-state index contributed by atoms with van der Waals surface area (Å²) in [4.78, 5) is 26.6. The maximum absolute atomic E-state index is 12.7. The van der Waals surface area contributed by atoms with Crippen molar-refractivity contribution in [3.05, 3.63) is 54.1 Å². The molecule has 0 spiro atoms. The van der Waals surface area contributed by atoms with Crippen molar-refractivity contribution in [1.82, 2.24) is 10.2 Å². The van der Waals surface area contributed by atoms with Crippen LogP contribution >= 0.6 is 12.4 Å². The van der Waals surface area contributed by atoms with Gasteiger partial charge >= 0.3 is 0 Å². The summed E-state index contributed by atoms with van der Waals surface area (Å²) in [7, 11) is 3.50. The molecule has 0 aromatic heterocycles. The molecular formula is C22H28ClN3O4. The first kappa shape index (κ1) is 23.5. The van der Waals surface area contributed by atoms with E-state index in [1.165, 1.54) is 0 Å². The van der Waals surface area contributed by atoms with Gasteiger partial charge in [-0.3, -0.25) is 9.59 Å². The normalized spacial score (nSPS) is 15.7. The molecule has 1 heterocycles. The zero-order chi connectivity index (χ0) is 20.6. The Morgan fingerprint density at radius 2 is 1.90 bits per heavy atom. The minimum atomic E-state index is -0.273. The number of nitrogens with one attached hydrogen (secondary N) is 2. The van der Waals surface area contributed by atoms with Crippen molar-refractivity contribution < 1.29 is 19.1 Å². The van der Waals surface area contributed by atoms with Crippen molar-refractivity contribution >= 4 is 29.9 Å². The lowest BCUT2D eigenvalue weighted by Gasteiger charge is -2.32. The summed E-state index contributed by atoms with van der Waals surface area (Å²) >= 11 is 0. The number of anilines is 1. The summed E-state index contributed by atoms with van der Waals surface area (Å²) in [5.41, 5.74) is 1.26. The molecule has 0 bridgehead atoms. The highest BCUT2D eigenvalue weighted by atomic mass is 35.5. The van der Waals surface area contributed by atoms with Crippen molar-refractivity contribution in [2.75, 3.05) is 39.2 Å². The van der Waals surface area contributed by atoms with E-state index in [4.69, 9.17) is 9.47 Å². The maximum Gasteiger partial charge on any atom is 0.262 e. The molecule has 0 saturated carbocycles. The Kier molecular flexibility index (Phi) is 8.95. The topological polar surface area (TPSA) is 79.9 Å². The van der Waals surface area contributed by atoms with E-state index in [1.807, 2.05) is 11.9 Å². The van der Waals surface area contributed by atoms with Gasteiger partial charge in [0.15, 0.2) is 6.61 Å². The Bertz CT molecular complexity index is 845. The monoisotopic (exact) mass is 433 g/mol. The van der Waals surface area contributed by atoms with Gasteiger partial charge in [0, 0.05) is 36.4 Å². The van der Waals surface area contributed by atoms with Gasteiger partial charge in [-0.15, -0.1) is 12.4 Å². The standard InChI is InChI=1S/C22H27N3O4.ClH/c1-23-18-6-4-12-25(14-18)22(27)16-8-10-19(11-9-16)29-15-21(26)24-17-5-3-7-20(13-17)28-2;/h3,5,7-11,13,18,23H,4,6,12,14-15H2,1-2H3,(H,24,26);1H. The summed E-state index contributed by atoms with van der Waals surface area (Å²) in [6.07, 6.45) is 2.09. The molecule has 1 atom stereocenters. The maximum atomic E-state index is 12.7. The number of carbonyl (C=O) groups excluding carboxylic acids is 2. The molecule has 2 aromatic carbocycles. The van der Waals surface area contributed by atoms with Crippen LogP contribution in [0.1, 0.15) is 23.2 Å². The first-order valence-electron chi connectivity index (χ1n) is 9.72. The minimum absolute atomic E-state index is 0. The van der Waals surface area contributed by atoms with Crippen molar-refractivity contribution in [1.29, 1.82) is 0 Å². The van der Waals surface area contributed by atoms with Crippen molar-refractivity contribution in [3.8, 4) is 11.5 Å². The molecule has 7 nitrogen and oxygen atoms in total. The predicted molar refractivity (Wildman–Crippen MR) is 119 cm³/mol. The number of methoxy groups -OCH3 is 1. The molecule has 1 saturated heterocycles. The number of ether oxygens (including phenoxy) is 2. The van der Waals surface area contributed by atoms with Crippen LogP contribution < -0.4 is 20.1 Å². The van der Waals surface area contributed by atoms with Gasteiger partial charge in [-0.2, -0.15) is 0 Å². The second kappa shape index (κ2) is 11.4. The van der Waals surface area contributed by atoms with Crippen LogP contribution in [0.4, 0.5) is 5.69 Å². The van der Waals surface area contributed by atoms with Gasteiger partial charge in [0.25, 0.3) is 11.8 Å². The fraction of sp³-hybridized carbons (Fsp3) is 0.364. The number of hydrogen-bond acceptors (Lipinski definition) is 5. The van der Waals surface area contributed by atoms with E-state index in [0.717, 1.165) is 25.9 Å². The van der Waals surface area contributed by atoms with Crippen LogP contribution in [-0.2, 0) is 4.79 Å². The molecule has 2 amide bonds. The molecule has 1 aliphatic rings. The molecular weight excluding hydrogens is 406 g/mol. The fourth-order valence-corrected chi connectivity index (χ4v) is 3.32. The zero-order valence-corrected chi connectivity index (χ0v) is 18.0. The number of likely N-dealkylation sites (tertiary alicyclic amines) is 1. The number of likely N-dealkylation sites (N-methyl/N-ethyl adjacent to an activating group) is 1. The summed E-state index contributed by atoms with van der Waals surface area (Å²) in [5.74, 6) is 0.949. The largest absolute Gasteiger partial charge is 0.497 e. The molecule has 1 fully saturated rings. The first-order chi connectivity index (χ1) is 14.1. The smallest absolute Gasteiger partial charge is 0.262 e. The van der Waals surface area contributed by atoms with Gasteiger partial charge in [-0.25, -0.2) is 0 Å². The molecule has 2 N–H and O–H groups in total. The molecule has 2 aromatic rings. The number of hydrogen-bond donors (Lipinski definition) is 2. The third kappa shape index (κ3) is 6.37. The van der Waals surface area contributed by atoms with Crippen molar-refractivity contribution in [3.63, 3.8) is 0 Å². The van der Waals surface area contributed by atoms with E-state index in [1.54, 1.807) is 55.6 Å². The number of halogens is 1. The van der Waals surface area contributed by atoms with E-state index < -0.39 is 0 Å². The third-order valence-corrected chi connectivity index (χ3v) is 4.94. The molecule has 3 rings (SSSR count). The summed E-state index contributed by atoms with van der Waals surface area (Å²) in [6.45, 7) is 1.37. The van der Waals surface area contributed by atoms with Gasteiger partial charge in [0.2, 0.25) is 0 Å². The van der Waals surface area contributed by atoms with Crippen LogP contribution in [0.5, 0.6) is 11.5 Å². The third-order valence-electron chi connectivity index (χ3n) is 4.94. The quantitative estimate of drug-likeness (QED) is 0.701. The number of nitrogens with zero attached hydrogens (tertiary/aromatic N) is 1. The highest BCUT2D eigenvalue weighted by molar-refractivity contribution is 5.94. The highest BCUT2D eigenvalue weighted by Gasteiger charge is 2.23. The lowest BCUT2D eigenvalue weighted by atomic mass is 10.0. The van der Waals surface area contributed by atoms with Crippen LogP contribution in [0.15, 0.2) is 48.5 Å². The number of rotatable bonds is 7. The van der Waals surface area contributed by atoms with Gasteiger partial charge in [0.05, 0.1) is 7.11 Å². The van der Waals surface area contributed by atoms with Crippen LogP contribution in [0.3, 0.4) is 0 Å². The van der Waals surface area contributed by atoms with E-state index in [-0.39, 0.29) is 30.8 Å². The Balaban J connectivity index is 0.00000320. The second-order valence-corrected chi connectivity index (χ2v) is 6.97.